The van der Waals surface area contributed by atoms with E-state index in [1.807, 2.05) is 6.07 Å². The molecule has 0 aliphatic carbocycles. The van der Waals surface area contributed by atoms with Crippen LogP contribution in [-0.2, 0) is 0 Å². The van der Waals surface area contributed by atoms with E-state index in [9.17, 15) is 4.79 Å². The second-order valence-electron chi connectivity index (χ2n) is 6.00. The molecule has 1 unspecified atom stereocenters. The van der Waals surface area contributed by atoms with Crippen molar-refractivity contribution in [1.82, 2.24) is 0 Å². The van der Waals surface area contributed by atoms with Crippen molar-refractivity contribution in [2.24, 2.45) is 0 Å². The second kappa shape index (κ2) is 7.79. The van der Waals surface area contributed by atoms with Crippen LogP contribution in [0, 0.1) is 11.3 Å². The molecule has 1 N–H and O–H groups in total. The maximum absolute atomic E-state index is 15.2. The van der Waals surface area contributed by atoms with Crippen LogP contribution in [0.1, 0.15) is 27.5 Å². The molecule has 0 amide bonds. The zero-order chi connectivity index (χ0) is 19.3. The Morgan fingerprint density at radius 3 is 2.00 bits per heavy atom. The van der Waals surface area contributed by atoms with Gasteiger partial charge >= 0.3 is 5.92 Å². The fourth-order valence-electron chi connectivity index (χ4n) is 2.75. The minimum absolute atomic E-state index is 0.0593. The Bertz CT molecular complexity index is 949. The molecule has 3 rings (SSSR count). The number of hydrogen-bond donors (Lipinski definition) is 1. The first-order chi connectivity index (χ1) is 13.0. The summed E-state index contributed by atoms with van der Waals surface area (Å²) >= 11 is 0. The second-order valence-corrected chi connectivity index (χ2v) is 6.00. The van der Waals surface area contributed by atoms with Crippen LogP contribution in [-0.4, -0.2) is 11.7 Å². The molecular formula is C22H16F2N2O. The number of anilines is 1. The van der Waals surface area contributed by atoms with E-state index < -0.39 is 17.7 Å². The fourth-order valence-corrected chi connectivity index (χ4v) is 2.75. The van der Waals surface area contributed by atoms with Gasteiger partial charge in [0.05, 0.1) is 11.6 Å². The zero-order valence-corrected chi connectivity index (χ0v) is 14.3. The minimum atomic E-state index is -3.70. The van der Waals surface area contributed by atoms with Gasteiger partial charge in [0.15, 0.2) is 0 Å². The van der Waals surface area contributed by atoms with Crippen LogP contribution < -0.4 is 5.32 Å². The number of hydrogen-bond acceptors (Lipinski definition) is 3. The molecule has 0 bridgehead atoms. The standard InChI is InChI=1S/C22H16F2N2O/c23-22(24,21(27)18-7-3-1-4-8-18)20(26-19-9-5-2-6-10-19)17-13-11-16(15-25)12-14-17/h1-14,20,26H. The quantitative estimate of drug-likeness (QED) is 0.611. The lowest BCUT2D eigenvalue weighted by atomic mass is 9.93. The molecule has 27 heavy (non-hydrogen) atoms. The first-order valence-electron chi connectivity index (χ1n) is 8.31. The van der Waals surface area contributed by atoms with Gasteiger partial charge in [0.25, 0.3) is 0 Å². The summed E-state index contributed by atoms with van der Waals surface area (Å²) in [6, 6.07) is 22.2. The van der Waals surface area contributed by atoms with Crippen LogP contribution >= 0.6 is 0 Å². The van der Waals surface area contributed by atoms with Gasteiger partial charge in [-0.2, -0.15) is 14.0 Å². The molecule has 0 aliphatic heterocycles. The number of Topliss-reactive ketones (excluding diaryl/α,β-unsaturated/α-hetero) is 1. The lowest BCUT2D eigenvalue weighted by Gasteiger charge is -2.28. The SMILES string of the molecule is N#Cc1ccc(C(Nc2ccccc2)C(F)(F)C(=O)c2ccccc2)cc1. The van der Waals surface area contributed by atoms with Crippen LogP contribution in [0.3, 0.4) is 0 Å². The largest absolute Gasteiger partial charge is 0.372 e. The van der Waals surface area contributed by atoms with Crippen LogP contribution in [0.2, 0.25) is 0 Å². The molecule has 5 heteroatoms. The van der Waals surface area contributed by atoms with Gasteiger partial charge in [0.2, 0.25) is 5.78 Å². The van der Waals surface area contributed by atoms with E-state index in [-0.39, 0.29) is 11.1 Å². The van der Waals surface area contributed by atoms with Crippen LogP contribution in [0.15, 0.2) is 84.9 Å². The minimum Gasteiger partial charge on any atom is -0.372 e. The van der Waals surface area contributed by atoms with Gasteiger partial charge in [-0.25, -0.2) is 0 Å². The summed E-state index contributed by atoms with van der Waals surface area (Å²) in [4.78, 5) is 12.6. The van der Waals surface area contributed by atoms with Gasteiger partial charge in [0.1, 0.15) is 6.04 Å². The Balaban J connectivity index is 2.01. The van der Waals surface area contributed by atoms with Gasteiger partial charge in [-0.15, -0.1) is 0 Å². The van der Waals surface area contributed by atoms with E-state index in [4.69, 9.17) is 5.26 Å². The molecule has 0 aromatic heterocycles. The lowest BCUT2D eigenvalue weighted by Crippen LogP contribution is -2.40. The molecule has 3 nitrogen and oxygen atoms in total. The van der Waals surface area contributed by atoms with Crippen molar-refractivity contribution >= 4 is 11.5 Å². The molecule has 134 valence electrons. The highest BCUT2D eigenvalue weighted by Crippen LogP contribution is 2.37. The fraction of sp³-hybridized carbons (Fsp3) is 0.0909. The smallest absolute Gasteiger partial charge is 0.333 e. The number of carbonyl (C=O) groups excluding carboxylic acids is 1. The monoisotopic (exact) mass is 362 g/mol. The lowest BCUT2D eigenvalue weighted by molar-refractivity contribution is -0.00268. The first-order valence-corrected chi connectivity index (χ1v) is 8.31. The number of nitrogens with one attached hydrogen (secondary N) is 1. The van der Waals surface area contributed by atoms with Gasteiger partial charge < -0.3 is 5.32 Å². The summed E-state index contributed by atoms with van der Waals surface area (Å²) in [5.41, 5.74) is 0.977. The normalized spacial score (nSPS) is 12.0. The molecule has 0 saturated heterocycles. The van der Waals surface area contributed by atoms with Crippen LogP contribution in [0.25, 0.3) is 0 Å². The number of alkyl halides is 2. The third kappa shape index (κ3) is 4.01. The van der Waals surface area contributed by atoms with Crippen molar-refractivity contribution < 1.29 is 13.6 Å². The number of carbonyl (C=O) groups is 1. The van der Waals surface area contributed by atoms with E-state index in [1.54, 1.807) is 48.5 Å². The third-order valence-corrected chi connectivity index (χ3v) is 4.16. The number of nitriles is 1. The van der Waals surface area contributed by atoms with E-state index in [0.717, 1.165) is 0 Å². The predicted molar refractivity (Wildman–Crippen MR) is 99.7 cm³/mol. The Morgan fingerprint density at radius 1 is 0.889 bits per heavy atom. The summed E-state index contributed by atoms with van der Waals surface area (Å²) < 4.78 is 30.5. The highest BCUT2D eigenvalue weighted by molar-refractivity contribution is 6.02. The summed E-state index contributed by atoms with van der Waals surface area (Å²) in [6.07, 6.45) is 0. The molecule has 0 heterocycles. The maximum atomic E-state index is 15.2. The molecule has 0 fully saturated rings. The molecule has 3 aromatic carbocycles. The Kier molecular flexibility index (Phi) is 5.28. The average Bonchev–Trinajstić information content (AvgIpc) is 2.73. The van der Waals surface area contributed by atoms with Gasteiger partial charge in [0, 0.05) is 11.3 Å². The predicted octanol–water partition coefficient (Wildman–Crippen LogP) is 5.23. The third-order valence-electron chi connectivity index (χ3n) is 4.16. The van der Waals surface area contributed by atoms with E-state index in [1.165, 1.54) is 36.4 Å². The van der Waals surface area contributed by atoms with Crippen LogP contribution in [0.4, 0.5) is 14.5 Å². The summed E-state index contributed by atoms with van der Waals surface area (Å²) in [6.45, 7) is 0. The average molecular weight is 362 g/mol. The van der Waals surface area contributed by atoms with Gasteiger partial charge in [-0.1, -0.05) is 60.7 Å². The zero-order valence-electron chi connectivity index (χ0n) is 14.3. The molecule has 1 atom stereocenters. The van der Waals surface area contributed by atoms with Crippen molar-refractivity contribution in [2.75, 3.05) is 5.32 Å². The van der Waals surface area contributed by atoms with Crippen LogP contribution in [0.5, 0.6) is 0 Å². The van der Waals surface area contributed by atoms with E-state index >= 15 is 8.78 Å². The topological polar surface area (TPSA) is 52.9 Å². The maximum Gasteiger partial charge on any atom is 0.333 e. The number of nitrogens with zero attached hydrogens (tertiary/aromatic N) is 1. The van der Waals surface area contributed by atoms with Crippen molar-refractivity contribution in [3.05, 3.63) is 102 Å². The Hall–Kier alpha value is -3.52. The van der Waals surface area contributed by atoms with Crippen molar-refractivity contribution in [1.29, 1.82) is 5.26 Å². The van der Waals surface area contributed by atoms with Gasteiger partial charge in [-0.3, -0.25) is 4.79 Å². The molecule has 0 saturated carbocycles. The Morgan fingerprint density at radius 2 is 1.44 bits per heavy atom. The molecule has 3 aromatic rings. The number of halogens is 2. The molecule has 0 spiro atoms. The number of para-hydroxylation sites is 1. The van der Waals surface area contributed by atoms with E-state index in [0.29, 0.717) is 11.3 Å². The number of rotatable bonds is 6. The highest BCUT2D eigenvalue weighted by atomic mass is 19.3. The molecule has 0 radical (unpaired) electrons. The highest BCUT2D eigenvalue weighted by Gasteiger charge is 2.48. The molecular weight excluding hydrogens is 346 g/mol. The molecule has 0 aliphatic rings. The number of benzene rings is 3. The van der Waals surface area contributed by atoms with Crippen molar-refractivity contribution in [2.45, 2.75) is 12.0 Å². The van der Waals surface area contributed by atoms with Crippen molar-refractivity contribution in [3.63, 3.8) is 0 Å². The van der Waals surface area contributed by atoms with E-state index in [2.05, 4.69) is 5.32 Å². The number of ketones is 1. The van der Waals surface area contributed by atoms with Gasteiger partial charge in [-0.05, 0) is 29.8 Å². The summed E-state index contributed by atoms with van der Waals surface area (Å²) in [5, 5.41) is 11.7. The summed E-state index contributed by atoms with van der Waals surface area (Å²) in [5.74, 6) is -4.97. The first kappa shape index (κ1) is 18.3. The van der Waals surface area contributed by atoms with Crippen molar-refractivity contribution in [3.8, 4) is 6.07 Å². The summed E-state index contributed by atoms with van der Waals surface area (Å²) in [7, 11) is 0. The Labute approximate surface area is 155 Å².